The molecule has 0 aromatic heterocycles. The zero-order valence-corrected chi connectivity index (χ0v) is 11.1. The van der Waals surface area contributed by atoms with Crippen molar-refractivity contribution in [2.45, 2.75) is 26.7 Å². The Morgan fingerprint density at radius 1 is 1.41 bits per heavy atom. The molecule has 0 saturated carbocycles. The molecular weight excluding hydrogens is 237 g/mol. The standard InChI is InChI=1S/C14H19ClFN/c1-10(2)6-14(8-17-9-14)7-11-3-4-12(15)5-13(11)16/h3-5,10,17H,6-9H2,1-2H3. The van der Waals surface area contributed by atoms with E-state index in [1.54, 1.807) is 6.07 Å². The van der Waals surface area contributed by atoms with Gasteiger partial charge in [-0.15, -0.1) is 0 Å². The van der Waals surface area contributed by atoms with Crippen LogP contribution in [0.3, 0.4) is 0 Å². The zero-order chi connectivity index (χ0) is 12.5. The number of hydrogen-bond donors (Lipinski definition) is 1. The molecular formula is C14H19ClFN. The van der Waals surface area contributed by atoms with Crippen molar-refractivity contribution in [2.24, 2.45) is 11.3 Å². The van der Waals surface area contributed by atoms with Gasteiger partial charge in [0, 0.05) is 18.1 Å². The molecule has 1 aliphatic rings. The van der Waals surface area contributed by atoms with Gasteiger partial charge in [-0.3, -0.25) is 0 Å². The second-order valence-electron chi connectivity index (χ2n) is 5.61. The lowest BCUT2D eigenvalue weighted by atomic mass is 9.71. The quantitative estimate of drug-likeness (QED) is 0.866. The first-order valence-electron chi connectivity index (χ1n) is 6.15. The molecule has 1 aliphatic heterocycles. The molecule has 1 aromatic rings. The lowest BCUT2D eigenvalue weighted by Crippen LogP contribution is -2.55. The molecule has 0 bridgehead atoms. The van der Waals surface area contributed by atoms with Crippen molar-refractivity contribution in [3.8, 4) is 0 Å². The Morgan fingerprint density at radius 2 is 2.12 bits per heavy atom. The van der Waals surface area contributed by atoms with Gasteiger partial charge in [0.15, 0.2) is 0 Å². The van der Waals surface area contributed by atoms with Crippen LogP contribution in [0, 0.1) is 17.2 Å². The average Bonchev–Trinajstić information content (AvgIpc) is 2.18. The van der Waals surface area contributed by atoms with E-state index in [0.29, 0.717) is 10.9 Å². The summed E-state index contributed by atoms with van der Waals surface area (Å²) in [6.45, 7) is 6.43. The average molecular weight is 256 g/mol. The van der Waals surface area contributed by atoms with Gasteiger partial charge in [0.05, 0.1) is 0 Å². The second-order valence-corrected chi connectivity index (χ2v) is 6.05. The lowest BCUT2D eigenvalue weighted by Gasteiger charge is -2.44. The normalized spacial score (nSPS) is 18.2. The molecule has 0 atom stereocenters. The molecule has 17 heavy (non-hydrogen) atoms. The van der Waals surface area contributed by atoms with Gasteiger partial charge in [0.1, 0.15) is 5.82 Å². The molecule has 1 saturated heterocycles. The van der Waals surface area contributed by atoms with Crippen LogP contribution in [0.25, 0.3) is 0 Å². The summed E-state index contributed by atoms with van der Waals surface area (Å²) in [6, 6.07) is 5.00. The molecule has 2 rings (SSSR count). The van der Waals surface area contributed by atoms with Crippen molar-refractivity contribution in [2.75, 3.05) is 13.1 Å². The maximum Gasteiger partial charge on any atom is 0.127 e. The Hall–Kier alpha value is -0.600. The summed E-state index contributed by atoms with van der Waals surface area (Å²) >= 11 is 5.77. The Labute approximate surface area is 107 Å². The fourth-order valence-corrected chi connectivity index (χ4v) is 2.91. The van der Waals surface area contributed by atoms with E-state index in [2.05, 4.69) is 19.2 Å². The maximum atomic E-state index is 13.8. The van der Waals surface area contributed by atoms with Crippen molar-refractivity contribution in [3.05, 3.63) is 34.6 Å². The molecule has 0 unspecified atom stereocenters. The van der Waals surface area contributed by atoms with Gasteiger partial charge in [-0.1, -0.05) is 31.5 Å². The largest absolute Gasteiger partial charge is 0.316 e. The smallest absolute Gasteiger partial charge is 0.127 e. The van der Waals surface area contributed by atoms with Crippen LogP contribution in [0.15, 0.2) is 18.2 Å². The highest BCUT2D eigenvalue weighted by atomic mass is 35.5. The van der Waals surface area contributed by atoms with Gasteiger partial charge in [0.25, 0.3) is 0 Å². The maximum absolute atomic E-state index is 13.8. The summed E-state index contributed by atoms with van der Waals surface area (Å²) in [6.07, 6.45) is 1.95. The molecule has 94 valence electrons. The molecule has 1 N–H and O–H groups in total. The summed E-state index contributed by atoms with van der Waals surface area (Å²) in [7, 11) is 0. The van der Waals surface area contributed by atoms with Crippen LogP contribution in [0.2, 0.25) is 5.02 Å². The Morgan fingerprint density at radius 3 is 2.59 bits per heavy atom. The van der Waals surface area contributed by atoms with Gasteiger partial charge in [-0.25, -0.2) is 4.39 Å². The molecule has 0 spiro atoms. The predicted molar refractivity (Wildman–Crippen MR) is 69.9 cm³/mol. The van der Waals surface area contributed by atoms with E-state index in [9.17, 15) is 4.39 Å². The van der Waals surface area contributed by atoms with E-state index < -0.39 is 0 Å². The van der Waals surface area contributed by atoms with E-state index in [-0.39, 0.29) is 11.2 Å². The number of hydrogen-bond acceptors (Lipinski definition) is 1. The highest BCUT2D eigenvalue weighted by Crippen LogP contribution is 2.35. The van der Waals surface area contributed by atoms with Crippen molar-refractivity contribution in [1.82, 2.24) is 5.32 Å². The molecule has 1 fully saturated rings. The predicted octanol–water partition coefficient (Wildman–Crippen LogP) is 3.66. The minimum absolute atomic E-state index is 0.174. The van der Waals surface area contributed by atoms with Crippen LogP contribution < -0.4 is 5.32 Å². The molecule has 1 aromatic carbocycles. The van der Waals surface area contributed by atoms with Crippen molar-refractivity contribution in [1.29, 1.82) is 0 Å². The molecule has 1 heterocycles. The van der Waals surface area contributed by atoms with Crippen LogP contribution in [-0.2, 0) is 6.42 Å². The molecule has 3 heteroatoms. The fourth-order valence-electron chi connectivity index (χ4n) is 2.76. The first-order valence-corrected chi connectivity index (χ1v) is 6.53. The van der Waals surface area contributed by atoms with E-state index >= 15 is 0 Å². The van der Waals surface area contributed by atoms with Crippen LogP contribution in [-0.4, -0.2) is 13.1 Å². The Bertz CT molecular complexity index is 399. The minimum atomic E-state index is -0.174. The van der Waals surface area contributed by atoms with E-state index in [1.807, 2.05) is 6.07 Å². The molecule has 0 amide bonds. The summed E-state index contributed by atoms with van der Waals surface area (Å²) in [5, 5.41) is 3.78. The zero-order valence-electron chi connectivity index (χ0n) is 10.4. The molecule has 0 aliphatic carbocycles. The summed E-state index contributed by atoms with van der Waals surface area (Å²) in [5.41, 5.74) is 1.03. The number of rotatable bonds is 4. The third kappa shape index (κ3) is 2.99. The number of benzene rings is 1. The van der Waals surface area contributed by atoms with Crippen LogP contribution in [0.1, 0.15) is 25.8 Å². The molecule has 1 nitrogen and oxygen atoms in total. The van der Waals surface area contributed by atoms with E-state index in [0.717, 1.165) is 31.5 Å². The third-order valence-electron chi connectivity index (χ3n) is 3.42. The highest BCUT2D eigenvalue weighted by Gasteiger charge is 2.37. The first-order chi connectivity index (χ1) is 8.01. The SMILES string of the molecule is CC(C)CC1(Cc2ccc(Cl)cc2F)CNC1. The minimum Gasteiger partial charge on any atom is -0.316 e. The van der Waals surface area contributed by atoms with Crippen molar-refractivity contribution < 1.29 is 4.39 Å². The van der Waals surface area contributed by atoms with Gasteiger partial charge in [-0.2, -0.15) is 0 Å². The lowest BCUT2D eigenvalue weighted by molar-refractivity contribution is 0.130. The molecule has 0 radical (unpaired) electrons. The van der Waals surface area contributed by atoms with Crippen LogP contribution in [0.4, 0.5) is 4.39 Å². The topological polar surface area (TPSA) is 12.0 Å². The van der Waals surface area contributed by atoms with Crippen molar-refractivity contribution in [3.63, 3.8) is 0 Å². The summed E-state index contributed by atoms with van der Waals surface area (Å²) in [5.74, 6) is 0.472. The Balaban J connectivity index is 2.13. The van der Waals surface area contributed by atoms with Gasteiger partial charge in [-0.05, 0) is 41.9 Å². The Kier molecular flexibility index (Phi) is 3.74. The van der Waals surface area contributed by atoms with Crippen molar-refractivity contribution >= 4 is 11.6 Å². The van der Waals surface area contributed by atoms with E-state index in [4.69, 9.17) is 11.6 Å². The third-order valence-corrected chi connectivity index (χ3v) is 3.66. The first kappa shape index (κ1) is 12.8. The van der Waals surface area contributed by atoms with Crippen LogP contribution in [0.5, 0.6) is 0 Å². The highest BCUT2D eigenvalue weighted by molar-refractivity contribution is 6.30. The van der Waals surface area contributed by atoms with Gasteiger partial charge in [0.2, 0.25) is 0 Å². The van der Waals surface area contributed by atoms with Gasteiger partial charge < -0.3 is 5.32 Å². The summed E-state index contributed by atoms with van der Waals surface area (Å²) < 4.78 is 13.8. The second kappa shape index (κ2) is 4.95. The number of halogens is 2. The van der Waals surface area contributed by atoms with Crippen LogP contribution >= 0.6 is 11.6 Å². The monoisotopic (exact) mass is 255 g/mol. The number of nitrogens with one attached hydrogen (secondary N) is 1. The summed E-state index contributed by atoms with van der Waals surface area (Å²) in [4.78, 5) is 0. The van der Waals surface area contributed by atoms with Gasteiger partial charge >= 0.3 is 0 Å². The fraction of sp³-hybridized carbons (Fsp3) is 0.571. The van der Waals surface area contributed by atoms with E-state index in [1.165, 1.54) is 6.07 Å².